The molecule has 1 saturated heterocycles. The van der Waals surface area contributed by atoms with Crippen molar-refractivity contribution in [3.63, 3.8) is 0 Å². The third-order valence-corrected chi connectivity index (χ3v) is 5.23. The fourth-order valence-electron chi connectivity index (χ4n) is 3.62. The fourth-order valence-corrected chi connectivity index (χ4v) is 3.62. The molecule has 1 N–H and O–H groups in total. The number of imidazole rings is 1. The molecule has 0 amide bonds. The number of piperidine rings is 1. The van der Waals surface area contributed by atoms with Crippen LogP contribution >= 0.6 is 0 Å². The van der Waals surface area contributed by atoms with E-state index in [2.05, 4.69) is 38.9 Å². The van der Waals surface area contributed by atoms with Crippen molar-refractivity contribution in [1.82, 2.24) is 24.7 Å². The summed E-state index contributed by atoms with van der Waals surface area (Å²) in [4.78, 5) is 27.0. The number of fused-ring (bicyclic) bond motifs is 1. The highest BCUT2D eigenvalue weighted by Crippen LogP contribution is 2.31. The molecule has 1 aliphatic heterocycles. The second-order valence-electron chi connectivity index (χ2n) is 7.43. The Labute approximate surface area is 162 Å². The summed E-state index contributed by atoms with van der Waals surface area (Å²) in [6.07, 6.45) is 3.19. The minimum Gasteiger partial charge on any atom is -0.478 e. The molecule has 148 valence electrons. The first-order valence-corrected chi connectivity index (χ1v) is 9.66. The molecule has 0 radical (unpaired) electrons. The monoisotopic (exact) mass is 384 g/mol. The van der Waals surface area contributed by atoms with Crippen LogP contribution in [0.4, 0.5) is 5.95 Å². The van der Waals surface area contributed by atoms with E-state index in [1.165, 1.54) is 6.20 Å². The van der Waals surface area contributed by atoms with E-state index in [0.29, 0.717) is 17.7 Å². The van der Waals surface area contributed by atoms with Crippen LogP contribution < -0.4 is 4.90 Å². The smallest absolute Gasteiger partial charge is 0.337 e. The lowest BCUT2D eigenvalue weighted by molar-refractivity contribution is 0.0696. The molecule has 28 heavy (non-hydrogen) atoms. The lowest BCUT2D eigenvalue weighted by Crippen LogP contribution is -2.35. The van der Waals surface area contributed by atoms with Gasteiger partial charge in [0.2, 0.25) is 11.8 Å². The summed E-state index contributed by atoms with van der Waals surface area (Å²) in [5.74, 6) is 1.82. The van der Waals surface area contributed by atoms with Crippen molar-refractivity contribution >= 4 is 23.1 Å². The molecule has 0 bridgehead atoms. The Morgan fingerprint density at radius 2 is 2.07 bits per heavy atom. The summed E-state index contributed by atoms with van der Waals surface area (Å²) in [5.41, 5.74) is 1.47. The summed E-state index contributed by atoms with van der Waals surface area (Å²) < 4.78 is 7.50. The van der Waals surface area contributed by atoms with Gasteiger partial charge in [0.25, 0.3) is 0 Å². The third-order valence-electron chi connectivity index (χ3n) is 5.23. The van der Waals surface area contributed by atoms with Gasteiger partial charge in [0, 0.05) is 37.7 Å². The quantitative estimate of drug-likeness (QED) is 0.715. The predicted molar refractivity (Wildman–Crippen MR) is 103 cm³/mol. The molecule has 0 saturated carbocycles. The average molecular weight is 384 g/mol. The molecule has 4 rings (SSSR count). The number of aryl methyl sites for hydroxylation is 1. The molecule has 1 aliphatic rings. The van der Waals surface area contributed by atoms with Gasteiger partial charge in [-0.15, -0.1) is 0 Å². The molecule has 9 heteroatoms. The average Bonchev–Trinajstić information content (AvgIpc) is 3.32. The molecule has 1 fully saturated rings. The van der Waals surface area contributed by atoms with Gasteiger partial charge in [0.1, 0.15) is 5.52 Å². The maximum Gasteiger partial charge on any atom is 0.337 e. The number of hydrogen-bond acceptors (Lipinski definition) is 7. The molecule has 3 aromatic heterocycles. The Morgan fingerprint density at radius 1 is 1.32 bits per heavy atom. The molecule has 0 aromatic carbocycles. The van der Waals surface area contributed by atoms with Gasteiger partial charge in [0.05, 0.1) is 5.56 Å². The van der Waals surface area contributed by atoms with Crippen LogP contribution in [0.3, 0.4) is 0 Å². The Balaban J connectivity index is 1.55. The standard InChI is InChI=1S/C19H24N6O3/c1-4-25-16-14(9-13(10-20-16)18(26)27)21-19(25)24-7-5-12(6-8-24)17-22-15(11(2)3)23-28-17/h9-12H,4-8H2,1-3H3,(H,26,27). The number of pyridine rings is 1. The Kier molecular flexibility index (Phi) is 4.74. The van der Waals surface area contributed by atoms with Crippen LogP contribution in [0.15, 0.2) is 16.8 Å². The molecule has 0 spiro atoms. The van der Waals surface area contributed by atoms with Crippen LogP contribution in [0.25, 0.3) is 11.2 Å². The van der Waals surface area contributed by atoms with Gasteiger partial charge in [-0.25, -0.2) is 14.8 Å². The lowest BCUT2D eigenvalue weighted by atomic mass is 9.97. The van der Waals surface area contributed by atoms with Crippen molar-refractivity contribution in [2.24, 2.45) is 0 Å². The van der Waals surface area contributed by atoms with E-state index in [0.717, 1.165) is 43.6 Å². The van der Waals surface area contributed by atoms with Crippen molar-refractivity contribution in [2.75, 3.05) is 18.0 Å². The van der Waals surface area contributed by atoms with Crippen LogP contribution in [-0.2, 0) is 6.54 Å². The number of aromatic carboxylic acids is 1. The minimum atomic E-state index is -0.997. The molecular weight excluding hydrogens is 360 g/mol. The highest BCUT2D eigenvalue weighted by molar-refractivity contribution is 5.91. The highest BCUT2D eigenvalue weighted by Gasteiger charge is 2.28. The topological polar surface area (TPSA) is 110 Å². The van der Waals surface area contributed by atoms with Crippen LogP contribution in [-0.4, -0.2) is 48.8 Å². The number of carboxylic acid groups (broad SMARTS) is 1. The second kappa shape index (κ2) is 7.21. The highest BCUT2D eigenvalue weighted by atomic mass is 16.5. The van der Waals surface area contributed by atoms with E-state index in [4.69, 9.17) is 4.52 Å². The molecular formula is C19H24N6O3. The SMILES string of the molecule is CCn1c(N2CCC(c3nc(C(C)C)no3)CC2)nc2cc(C(=O)O)cnc21. The predicted octanol–water partition coefficient (Wildman–Crippen LogP) is 3.04. The first kappa shape index (κ1) is 18.4. The van der Waals surface area contributed by atoms with Gasteiger partial charge in [0.15, 0.2) is 11.5 Å². The third kappa shape index (κ3) is 3.21. The fraction of sp³-hybridized carbons (Fsp3) is 0.526. The van der Waals surface area contributed by atoms with Crippen LogP contribution in [0.2, 0.25) is 0 Å². The Bertz CT molecular complexity index is 1000. The number of aromatic nitrogens is 5. The molecule has 3 aromatic rings. The lowest BCUT2D eigenvalue weighted by Gasteiger charge is -2.31. The van der Waals surface area contributed by atoms with E-state index < -0.39 is 5.97 Å². The summed E-state index contributed by atoms with van der Waals surface area (Å²) in [6.45, 7) is 8.49. The zero-order valence-corrected chi connectivity index (χ0v) is 16.3. The molecule has 0 aliphatic carbocycles. The van der Waals surface area contributed by atoms with Gasteiger partial charge in [-0.2, -0.15) is 4.98 Å². The van der Waals surface area contributed by atoms with Gasteiger partial charge in [-0.3, -0.25) is 4.57 Å². The van der Waals surface area contributed by atoms with Crippen LogP contribution in [0.1, 0.15) is 67.5 Å². The van der Waals surface area contributed by atoms with Crippen molar-refractivity contribution in [1.29, 1.82) is 0 Å². The normalized spacial score (nSPS) is 15.6. The summed E-state index contributed by atoms with van der Waals surface area (Å²) in [6, 6.07) is 1.58. The second-order valence-corrected chi connectivity index (χ2v) is 7.43. The minimum absolute atomic E-state index is 0.149. The summed E-state index contributed by atoms with van der Waals surface area (Å²) >= 11 is 0. The zero-order valence-electron chi connectivity index (χ0n) is 16.3. The molecule has 0 atom stereocenters. The number of carbonyl (C=O) groups is 1. The first-order valence-electron chi connectivity index (χ1n) is 9.66. The van der Waals surface area contributed by atoms with E-state index in [-0.39, 0.29) is 17.4 Å². The van der Waals surface area contributed by atoms with Crippen molar-refractivity contribution in [2.45, 2.75) is 52.0 Å². The largest absolute Gasteiger partial charge is 0.478 e. The van der Waals surface area contributed by atoms with Gasteiger partial charge < -0.3 is 14.5 Å². The van der Waals surface area contributed by atoms with Crippen LogP contribution in [0, 0.1) is 0 Å². The molecule has 9 nitrogen and oxygen atoms in total. The van der Waals surface area contributed by atoms with Crippen molar-refractivity contribution < 1.29 is 14.4 Å². The van der Waals surface area contributed by atoms with E-state index in [9.17, 15) is 9.90 Å². The van der Waals surface area contributed by atoms with Gasteiger partial charge in [-0.1, -0.05) is 19.0 Å². The van der Waals surface area contributed by atoms with Crippen molar-refractivity contribution in [3.8, 4) is 0 Å². The van der Waals surface area contributed by atoms with E-state index >= 15 is 0 Å². The number of carboxylic acids is 1. The molecule has 0 unspecified atom stereocenters. The molecule has 4 heterocycles. The van der Waals surface area contributed by atoms with Gasteiger partial charge >= 0.3 is 5.97 Å². The Hall–Kier alpha value is -2.97. The van der Waals surface area contributed by atoms with E-state index in [1.807, 2.05) is 11.5 Å². The number of anilines is 1. The number of rotatable bonds is 5. The van der Waals surface area contributed by atoms with E-state index in [1.54, 1.807) is 6.07 Å². The maximum atomic E-state index is 11.2. The summed E-state index contributed by atoms with van der Waals surface area (Å²) in [7, 11) is 0. The summed E-state index contributed by atoms with van der Waals surface area (Å²) in [5, 5.41) is 13.3. The van der Waals surface area contributed by atoms with Crippen molar-refractivity contribution in [3.05, 3.63) is 29.5 Å². The first-order chi connectivity index (χ1) is 13.5. The zero-order chi connectivity index (χ0) is 19.8. The number of nitrogens with zero attached hydrogens (tertiary/aromatic N) is 6. The maximum absolute atomic E-state index is 11.2. The number of hydrogen-bond donors (Lipinski definition) is 1. The van der Waals surface area contributed by atoms with Gasteiger partial charge in [-0.05, 0) is 25.8 Å². The Morgan fingerprint density at radius 3 is 2.68 bits per heavy atom. The van der Waals surface area contributed by atoms with Crippen LogP contribution in [0.5, 0.6) is 0 Å².